The molecule has 0 radical (unpaired) electrons. The number of rotatable bonds is 49. The topological polar surface area (TPSA) is 78.9 Å². The maximum atomic E-state index is 12.8. The van der Waals surface area contributed by atoms with Crippen molar-refractivity contribution in [3.8, 4) is 0 Å². The zero-order valence-electron chi connectivity index (χ0n) is 42.7. The second-order valence-corrected chi connectivity index (χ2v) is 20.6. The molecular formula is C56H108O6. The van der Waals surface area contributed by atoms with Gasteiger partial charge in [-0.05, 0) is 37.0 Å². The van der Waals surface area contributed by atoms with Gasteiger partial charge in [0.1, 0.15) is 13.2 Å². The predicted molar refractivity (Wildman–Crippen MR) is 266 cm³/mol. The Morgan fingerprint density at radius 1 is 0.274 bits per heavy atom. The fraction of sp³-hybridized carbons (Fsp3) is 0.946. The first-order chi connectivity index (χ1) is 30.1. The van der Waals surface area contributed by atoms with Crippen molar-refractivity contribution >= 4 is 17.9 Å². The highest BCUT2D eigenvalue weighted by atomic mass is 16.6. The van der Waals surface area contributed by atoms with Crippen LogP contribution in [0.3, 0.4) is 0 Å². The van der Waals surface area contributed by atoms with Crippen LogP contribution < -0.4 is 0 Å². The predicted octanol–water partition coefficient (Wildman–Crippen LogP) is 17.9. The first kappa shape index (κ1) is 60.4. The molecule has 0 aliphatic carbocycles. The zero-order chi connectivity index (χ0) is 45.6. The first-order valence-electron chi connectivity index (χ1n) is 27.6. The lowest BCUT2D eigenvalue weighted by Crippen LogP contribution is -2.30. The molecule has 0 aliphatic rings. The Kier molecular flexibility index (Phi) is 46.2. The highest BCUT2D eigenvalue weighted by Gasteiger charge is 2.19. The van der Waals surface area contributed by atoms with Crippen LogP contribution in [-0.2, 0) is 28.6 Å². The van der Waals surface area contributed by atoms with Crippen LogP contribution in [0.15, 0.2) is 0 Å². The van der Waals surface area contributed by atoms with Crippen molar-refractivity contribution in [3.63, 3.8) is 0 Å². The highest BCUT2D eigenvalue weighted by molar-refractivity contribution is 5.71. The molecule has 0 spiro atoms. The minimum absolute atomic E-state index is 0.0642. The summed E-state index contributed by atoms with van der Waals surface area (Å²) in [5.41, 5.74) is 0. The molecule has 0 fully saturated rings. The lowest BCUT2D eigenvalue weighted by atomic mass is 10.0. The van der Waals surface area contributed by atoms with Crippen LogP contribution in [0.5, 0.6) is 0 Å². The highest BCUT2D eigenvalue weighted by Crippen LogP contribution is 2.18. The molecule has 1 atom stereocenters. The molecule has 0 amide bonds. The van der Waals surface area contributed by atoms with E-state index in [-0.39, 0.29) is 31.1 Å². The Labute approximate surface area is 387 Å². The molecule has 0 unspecified atom stereocenters. The number of carbonyl (C=O) groups excluding carboxylic acids is 3. The quantitative estimate of drug-likeness (QED) is 0.0344. The van der Waals surface area contributed by atoms with Crippen molar-refractivity contribution in [1.29, 1.82) is 0 Å². The van der Waals surface area contributed by atoms with Crippen LogP contribution in [0, 0.1) is 17.8 Å². The maximum Gasteiger partial charge on any atom is 0.306 e. The molecule has 0 bridgehead atoms. The molecule has 0 aromatic rings. The summed E-state index contributed by atoms with van der Waals surface area (Å²) in [4.78, 5) is 38.0. The molecular weight excluding hydrogens is 769 g/mol. The van der Waals surface area contributed by atoms with Gasteiger partial charge >= 0.3 is 17.9 Å². The van der Waals surface area contributed by atoms with Gasteiger partial charge in [0, 0.05) is 19.3 Å². The van der Waals surface area contributed by atoms with Crippen molar-refractivity contribution in [1.82, 2.24) is 0 Å². The average Bonchev–Trinajstić information content (AvgIpc) is 3.23. The third-order valence-electron chi connectivity index (χ3n) is 12.6. The lowest BCUT2D eigenvalue weighted by molar-refractivity contribution is -0.167. The van der Waals surface area contributed by atoms with E-state index >= 15 is 0 Å². The van der Waals surface area contributed by atoms with Crippen molar-refractivity contribution in [2.45, 2.75) is 311 Å². The number of ether oxygens (including phenoxy) is 3. The molecule has 0 N–H and O–H groups in total. The van der Waals surface area contributed by atoms with E-state index in [1.165, 1.54) is 186 Å². The van der Waals surface area contributed by atoms with E-state index in [1.54, 1.807) is 0 Å². The standard InChI is InChI=1S/C56H108O6/c1-50(2)42-36-30-24-18-14-10-8-7-9-11-16-20-27-33-39-45-54(57)60-48-53(49-61-55(58)46-40-34-28-23-22-26-32-38-44-52(5)6)62-56(59)47-41-35-29-21-17-13-12-15-19-25-31-37-43-51(3)4/h50-53H,7-49H2,1-6H3/t53-/m0/s1. The molecule has 62 heavy (non-hydrogen) atoms. The van der Waals surface area contributed by atoms with E-state index < -0.39 is 6.10 Å². The van der Waals surface area contributed by atoms with Gasteiger partial charge in [0.25, 0.3) is 0 Å². The van der Waals surface area contributed by atoms with Gasteiger partial charge in [-0.3, -0.25) is 14.4 Å². The Hall–Kier alpha value is -1.59. The fourth-order valence-electron chi connectivity index (χ4n) is 8.47. The number of unbranched alkanes of at least 4 members (excludes halogenated alkanes) is 32. The zero-order valence-corrected chi connectivity index (χ0v) is 42.7. The molecule has 0 heterocycles. The summed E-state index contributed by atoms with van der Waals surface area (Å²) in [5.74, 6) is 1.63. The molecule has 0 aromatic carbocycles. The van der Waals surface area contributed by atoms with Gasteiger partial charge in [0.15, 0.2) is 6.10 Å². The molecule has 0 saturated heterocycles. The van der Waals surface area contributed by atoms with Crippen molar-refractivity contribution in [2.75, 3.05) is 13.2 Å². The summed E-state index contributed by atoms with van der Waals surface area (Å²) in [6.07, 6.45) is 48.1. The molecule has 6 heteroatoms. The Balaban J connectivity index is 4.28. The van der Waals surface area contributed by atoms with E-state index in [2.05, 4.69) is 41.5 Å². The minimum atomic E-state index is -0.763. The lowest BCUT2D eigenvalue weighted by Gasteiger charge is -2.18. The first-order valence-corrected chi connectivity index (χ1v) is 27.6. The van der Waals surface area contributed by atoms with E-state index in [0.29, 0.717) is 19.3 Å². The monoisotopic (exact) mass is 877 g/mol. The van der Waals surface area contributed by atoms with Crippen LogP contribution in [-0.4, -0.2) is 37.2 Å². The molecule has 368 valence electrons. The Morgan fingerprint density at radius 3 is 0.694 bits per heavy atom. The molecule has 6 nitrogen and oxygen atoms in total. The largest absolute Gasteiger partial charge is 0.462 e. The molecule has 0 saturated carbocycles. The molecule has 0 aromatic heterocycles. The van der Waals surface area contributed by atoms with E-state index in [1.807, 2.05) is 0 Å². The third-order valence-corrected chi connectivity index (χ3v) is 12.6. The SMILES string of the molecule is CC(C)CCCCCCCCCCCCCCCCCC(=O)OC[C@@H](COC(=O)CCCCCCCCCCC(C)C)OC(=O)CCCCCCCCCCCCCCC(C)C. The van der Waals surface area contributed by atoms with Gasteiger partial charge in [0.05, 0.1) is 0 Å². The normalized spacial score (nSPS) is 12.1. The van der Waals surface area contributed by atoms with Gasteiger partial charge in [-0.25, -0.2) is 0 Å². The second kappa shape index (κ2) is 47.4. The second-order valence-electron chi connectivity index (χ2n) is 20.6. The van der Waals surface area contributed by atoms with E-state index in [9.17, 15) is 14.4 Å². The van der Waals surface area contributed by atoms with Crippen LogP contribution >= 0.6 is 0 Å². The van der Waals surface area contributed by atoms with Crippen molar-refractivity contribution in [3.05, 3.63) is 0 Å². The minimum Gasteiger partial charge on any atom is -0.462 e. The maximum absolute atomic E-state index is 12.8. The number of carbonyl (C=O) groups is 3. The summed E-state index contributed by atoms with van der Waals surface area (Å²) in [6, 6.07) is 0. The summed E-state index contributed by atoms with van der Waals surface area (Å²) in [7, 11) is 0. The summed E-state index contributed by atoms with van der Waals surface area (Å²) >= 11 is 0. The average molecular weight is 877 g/mol. The molecule has 0 rings (SSSR count). The van der Waals surface area contributed by atoms with E-state index in [4.69, 9.17) is 14.2 Å². The fourth-order valence-corrected chi connectivity index (χ4v) is 8.47. The van der Waals surface area contributed by atoms with Crippen LogP contribution in [0.1, 0.15) is 305 Å². The third kappa shape index (κ3) is 49.4. The summed E-state index contributed by atoms with van der Waals surface area (Å²) < 4.78 is 16.8. The number of hydrogen-bond donors (Lipinski definition) is 0. The summed E-state index contributed by atoms with van der Waals surface area (Å²) in [6.45, 7) is 13.7. The van der Waals surface area contributed by atoms with Gasteiger partial charge in [0.2, 0.25) is 0 Å². The van der Waals surface area contributed by atoms with Gasteiger partial charge < -0.3 is 14.2 Å². The van der Waals surface area contributed by atoms with Crippen LogP contribution in [0.2, 0.25) is 0 Å². The van der Waals surface area contributed by atoms with Crippen molar-refractivity contribution in [2.24, 2.45) is 17.8 Å². The van der Waals surface area contributed by atoms with Crippen molar-refractivity contribution < 1.29 is 28.6 Å². The van der Waals surface area contributed by atoms with E-state index in [0.717, 1.165) is 75.5 Å². The van der Waals surface area contributed by atoms with Gasteiger partial charge in [-0.15, -0.1) is 0 Å². The smallest absolute Gasteiger partial charge is 0.306 e. The van der Waals surface area contributed by atoms with Crippen LogP contribution in [0.25, 0.3) is 0 Å². The number of hydrogen-bond acceptors (Lipinski definition) is 6. The Bertz CT molecular complexity index is 960. The van der Waals surface area contributed by atoms with Gasteiger partial charge in [-0.1, -0.05) is 266 Å². The molecule has 0 aliphatic heterocycles. The Morgan fingerprint density at radius 2 is 0.468 bits per heavy atom. The number of esters is 3. The van der Waals surface area contributed by atoms with Crippen LogP contribution in [0.4, 0.5) is 0 Å². The van der Waals surface area contributed by atoms with Gasteiger partial charge in [-0.2, -0.15) is 0 Å². The summed E-state index contributed by atoms with van der Waals surface area (Å²) in [5, 5.41) is 0.